The number of nitrogens with zero attached hydrogens (tertiary/aromatic N) is 6. The Morgan fingerprint density at radius 2 is 1.85 bits per heavy atom. The van der Waals surface area contributed by atoms with E-state index in [-0.39, 0.29) is 5.91 Å². The van der Waals surface area contributed by atoms with Crippen molar-refractivity contribution in [1.82, 2.24) is 24.8 Å². The van der Waals surface area contributed by atoms with Crippen LogP contribution in [0.3, 0.4) is 0 Å². The number of piperazine rings is 1. The van der Waals surface area contributed by atoms with Gasteiger partial charge >= 0.3 is 0 Å². The molecule has 0 atom stereocenters. The molecule has 1 aliphatic rings. The predicted octanol–water partition coefficient (Wildman–Crippen LogP) is 1.43. The second kappa shape index (κ2) is 7.81. The van der Waals surface area contributed by atoms with Gasteiger partial charge in [0.15, 0.2) is 0 Å². The van der Waals surface area contributed by atoms with E-state index in [9.17, 15) is 4.79 Å². The Bertz CT molecular complexity index is 860. The summed E-state index contributed by atoms with van der Waals surface area (Å²) < 4.78 is 5.25. The van der Waals surface area contributed by atoms with E-state index in [1.54, 1.807) is 35.8 Å². The maximum atomic E-state index is 12.6. The van der Waals surface area contributed by atoms with Crippen molar-refractivity contribution in [3.8, 4) is 0 Å². The summed E-state index contributed by atoms with van der Waals surface area (Å²) in [6, 6.07) is 5.49. The van der Waals surface area contributed by atoms with Gasteiger partial charge in [-0.15, -0.1) is 0 Å². The summed E-state index contributed by atoms with van der Waals surface area (Å²) in [6.45, 7) is 3.07. The predicted molar refractivity (Wildman–Crippen MR) is 98.2 cm³/mol. The number of hydrogen-bond donors (Lipinski definition) is 1. The molecule has 0 radical (unpaired) electrons. The number of hydrogen-bond acceptors (Lipinski definition) is 8. The molecule has 0 aliphatic carbocycles. The first kappa shape index (κ1) is 17.0. The van der Waals surface area contributed by atoms with E-state index in [0.717, 1.165) is 5.76 Å². The monoisotopic (exact) mass is 365 g/mol. The summed E-state index contributed by atoms with van der Waals surface area (Å²) in [7, 11) is 0. The fourth-order valence-electron chi connectivity index (χ4n) is 2.85. The molecule has 0 aromatic carbocycles. The molecule has 9 heteroatoms. The molecule has 0 spiro atoms. The highest BCUT2D eigenvalue weighted by Gasteiger charge is 2.24. The van der Waals surface area contributed by atoms with Crippen molar-refractivity contribution in [3.05, 3.63) is 60.7 Å². The van der Waals surface area contributed by atoms with E-state index in [0.29, 0.717) is 50.2 Å². The van der Waals surface area contributed by atoms with Crippen LogP contribution in [0.4, 0.5) is 11.8 Å². The fourth-order valence-corrected chi connectivity index (χ4v) is 2.85. The summed E-state index contributed by atoms with van der Waals surface area (Å²) >= 11 is 0. The average molecular weight is 365 g/mol. The van der Waals surface area contributed by atoms with Gasteiger partial charge in [0.2, 0.25) is 5.95 Å². The van der Waals surface area contributed by atoms with Gasteiger partial charge in [-0.05, 0) is 18.2 Å². The van der Waals surface area contributed by atoms with E-state index in [4.69, 9.17) is 4.42 Å². The van der Waals surface area contributed by atoms with E-state index in [1.807, 2.05) is 12.1 Å². The highest BCUT2D eigenvalue weighted by Crippen LogP contribution is 2.12. The first-order chi connectivity index (χ1) is 13.3. The second-order valence-corrected chi connectivity index (χ2v) is 6.05. The number of aromatic nitrogens is 4. The van der Waals surface area contributed by atoms with Crippen LogP contribution in [-0.2, 0) is 6.54 Å². The summed E-state index contributed by atoms with van der Waals surface area (Å²) in [6.07, 6.45) is 8.12. The third kappa shape index (κ3) is 4.02. The fraction of sp³-hybridized carbons (Fsp3) is 0.278. The lowest BCUT2D eigenvalue weighted by molar-refractivity contribution is 0.0740. The molecule has 138 valence electrons. The van der Waals surface area contributed by atoms with Gasteiger partial charge in [-0.25, -0.2) is 19.9 Å². The van der Waals surface area contributed by atoms with Crippen molar-refractivity contribution >= 4 is 17.7 Å². The van der Waals surface area contributed by atoms with Gasteiger partial charge in [0.25, 0.3) is 5.91 Å². The lowest BCUT2D eigenvalue weighted by Crippen LogP contribution is -2.49. The highest BCUT2D eigenvalue weighted by molar-refractivity contribution is 5.92. The standard InChI is InChI=1S/C18H19N7O2/c26-17(24-6-8-25(9-7-24)18-19-4-2-5-20-18)15-12-23-16(13-21-15)22-11-14-3-1-10-27-14/h1-5,10,12-13H,6-9,11H2,(H,22,23). The molecule has 0 unspecified atom stereocenters. The maximum Gasteiger partial charge on any atom is 0.274 e. The van der Waals surface area contributed by atoms with Crippen LogP contribution in [0, 0.1) is 0 Å². The number of furan rings is 1. The number of carbonyl (C=O) groups excluding carboxylic acids is 1. The van der Waals surface area contributed by atoms with Crippen LogP contribution in [0.25, 0.3) is 0 Å². The topological polar surface area (TPSA) is 100 Å². The van der Waals surface area contributed by atoms with Crippen LogP contribution in [0.5, 0.6) is 0 Å². The van der Waals surface area contributed by atoms with Gasteiger partial charge in [0.05, 0.1) is 25.2 Å². The van der Waals surface area contributed by atoms with Gasteiger partial charge in [-0.3, -0.25) is 4.79 Å². The van der Waals surface area contributed by atoms with E-state index < -0.39 is 0 Å². The van der Waals surface area contributed by atoms with Gasteiger partial charge < -0.3 is 19.5 Å². The molecule has 1 fully saturated rings. The van der Waals surface area contributed by atoms with E-state index in [1.165, 1.54) is 6.20 Å². The molecule has 1 amide bonds. The Balaban J connectivity index is 1.32. The van der Waals surface area contributed by atoms with Crippen molar-refractivity contribution in [2.75, 3.05) is 36.4 Å². The molecule has 4 rings (SSSR count). The molecule has 4 heterocycles. The molecular formula is C18H19N7O2. The summed E-state index contributed by atoms with van der Waals surface area (Å²) in [5.41, 5.74) is 0.336. The van der Waals surface area contributed by atoms with Crippen LogP contribution in [0.1, 0.15) is 16.2 Å². The van der Waals surface area contributed by atoms with Crippen molar-refractivity contribution in [3.63, 3.8) is 0 Å². The average Bonchev–Trinajstić information content (AvgIpc) is 3.27. The Labute approximate surface area is 156 Å². The van der Waals surface area contributed by atoms with Crippen molar-refractivity contribution in [2.45, 2.75) is 6.54 Å². The zero-order chi connectivity index (χ0) is 18.5. The molecule has 1 aliphatic heterocycles. The van der Waals surface area contributed by atoms with Gasteiger partial charge in [0, 0.05) is 38.6 Å². The minimum atomic E-state index is -0.117. The van der Waals surface area contributed by atoms with Gasteiger partial charge in [0.1, 0.15) is 17.3 Å². The molecule has 0 saturated carbocycles. The highest BCUT2D eigenvalue weighted by atomic mass is 16.3. The minimum Gasteiger partial charge on any atom is -0.467 e. The smallest absolute Gasteiger partial charge is 0.274 e. The summed E-state index contributed by atoms with van der Waals surface area (Å²) in [4.78, 5) is 33.5. The molecule has 1 N–H and O–H groups in total. The summed E-state index contributed by atoms with van der Waals surface area (Å²) in [5.74, 6) is 1.97. The minimum absolute atomic E-state index is 0.117. The largest absolute Gasteiger partial charge is 0.467 e. The van der Waals surface area contributed by atoms with Crippen molar-refractivity contribution in [1.29, 1.82) is 0 Å². The molecule has 27 heavy (non-hydrogen) atoms. The molecule has 3 aromatic rings. The van der Waals surface area contributed by atoms with Crippen LogP contribution in [-0.4, -0.2) is 56.9 Å². The lowest BCUT2D eigenvalue weighted by Gasteiger charge is -2.34. The molecule has 1 saturated heterocycles. The first-order valence-corrected chi connectivity index (χ1v) is 8.69. The SMILES string of the molecule is O=C(c1cnc(NCc2ccco2)cn1)N1CCN(c2ncccn2)CC1. The number of anilines is 2. The van der Waals surface area contributed by atoms with Crippen molar-refractivity contribution in [2.24, 2.45) is 0 Å². The van der Waals surface area contributed by atoms with Crippen LogP contribution in [0.2, 0.25) is 0 Å². The van der Waals surface area contributed by atoms with Crippen molar-refractivity contribution < 1.29 is 9.21 Å². The van der Waals surface area contributed by atoms with Crippen LogP contribution in [0.15, 0.2) is 53.7 Å². The number of carbonyl (C=O) groups is 1. The normalized spacial score (nSPS) is 14.2. The number of nitrogens with one attached hydrogen (secondary N) is 1. The third-order valence-electron chi connectivity index (χ3n) is 4.30. The lowest BCUT2D eigenvalue weighted by atomic mass is 10.3. The first-order valence-electron chi connectivity index (χ1n) is 8.69. The zero-order valence-corrected chi connectivity index (χ0v) is 14.7. The molecular weight excluding hydrogens is 346 g/mol. The third-order valence-corrected chi connectivity index (χ3v) is 4.30. The molecule has 0 bridgehead atoms. The Morgan fingerprint density at radius 1 is 1.04 bits per heavy atom. The maximum absolute atomic E-state index is 12.6. The second-order valence-electron chi connectivity index (χ2n) is 6.05. The van der Waals surface area contributed by atoms with Crippen LogP contribution < -0.4 is 10.2 Å². The quantitative estimate of drug-likeness (QED) is 0.725. The van der Waals surface area contributed by atoms with E-state index in [2.05, 4.69) is 30.2 Å². The zero-order valence-electron chi connectivity index (χ0n) is 14.7. The van der Waals surface area contributed by atoms with Crippen LogP contribution >= 0.6 is 0 Å². The number of amides is 1. The van der Waals surface area contributed by atoms with Gasteiger partial charge in [-0.1, -0.05) is 0 Å². The van der Waals surface area contributed by atoms with Gasteiger partial charge in [-0.2, -0.15) is 0 Å². The Morgan fingerprint density at radius 3 is 2.52 bits per heavy atom. The molecule has 3 aromatic heterocycles. The Hall–Kier alpha value is -3.49. The number of rotatable bonds is 5. The van der Waals surface area contributed by atoms with E-state index >= 15 is 0 Å². The molecule has 9 nitrogen and oxygen atoms in total. The summed E-state index contributed by atoms with van der Waals surface area (Å²) in [5, 5.41) is 3.10. The Kier molecular flexibility index (Phi) is 4.91.